The monoisotopic (exact) mass is 378 g/mol. The van der Waals surface area contributed by atoms with Crippen molar-refractivity contribution in [1.29, 1.82) is 0 Å². The Hall–Kier alpha value is -1.53. The van der Waals surface area contributed by atoms with Crippen LogP contribution in [0, 0.1) is 12.8 Å². The molecule has 1 N–H and O–H groups in total. The Kier molecular flexibility index (Phi) is 7.97. The third kappa shape index (κ3) is 5.48. The zero-order valence-electron chi connectivity index (χ0n) is 16.2. The average molecular weight is 379 g/mol. The average Bonchev–Trinajstić information content (AvgIpc) is 3.01. The molecule has 5 nitrogen and oxygen atoms in total. The first-order valence-corrected chi connectivity index (χ1v) is 10.3. The van der Waals surface area contributed by atoms with Gasteiger partial charge < -0.3 is 15.0 Å². The molecule has 0 radical (unpaired) electrons. The van der Waals surface area contributed by atoms with Crippen LogP contribution in [-0.4, -0.2) is 54.1 Å². The maximum atomic E-state index is 13.2. The van der Waals surface area contributed by atoms with Gasteiger partial charge in [0.1, 0.15) is 6.04 Å². The van der Waals surface area contributed by atoms with Crippen molar-refractivity contribution in [2.45, 2.75) is 45.0 Å². The minimum Gasteiger partial charge on any atom is -0.385 e. The molecule has 6 heteroatoms. The number of carbonyl (C=O) groups is 2. The minimum atomic E-state index is -0.417. The lowest BCUT2D eigenvalue weighted by Gasteiger charge is -2.30. The summed E-state index contributed by atoms with van der Waals surface area (Å²) in [7, 11) is 1.65. The number of methoxy groups -OCH3 is 1. The van der Waals surface area contributed by atoms with E-state index in [4.69, 9.17) is 4.74 Å². The zero-order valence-corrected chi connectivity index (χ0v) is 17.0. The number of thioether (sulfide) groups is 1. The third-order valence-electron chi connectivity index (χ3n) is 4.43. The Morgan fingerprint density at radius 2 is 2.00 bits per heavy atom. The van der Waals surface area contributed by atoms with E-state index in [0.717, 1.165) is 18.4 Å². The topological polar surface area (TPSA) is 58.6 Å². The van der Waals surface area contributed by atoms with Crippen LogP contribution < -0.4 is 5.32 Å². The summed E-state index contributed by atoms with van der Waals surface area (Å²) in [6, 6.07) is 7.16. The van der Waals surface area contributed by atoms with Crippen molar-refractivity contribution < 1.29 is 14.3 Å². The SMILES string of the molecule is COCCCNC(=O)C1CSC(CC(C)C)N1C(=O)c1ccc(C)cc1. The molecule has 1 aliphatic rings. The number of hydrogen-bond acceptors (Lipinski definition) is 4. The van der Waals surface area contributed by atoms with Gasteiger partial charge in [-0.15, -0.1) is 11.8 Å². The van der Waals surface area contributed by atoms with Crippen molar-refractivity contribution in [3.05, 3.63) is 35.4 Å². The van der Waals surface area contributed by atoms with Gasteiger partial charge in [-0.25, -0.2) is 0 Å². The Bertz CT molecular complexity index is 604. The normalized spacial score (nSPS) is 19.8. The quantitative estimate of drug-likeness (QED) is 0.706. The molecule has 1 saturated heterocycles. The van der Waals surface area contributed by atoms with Gasteiger partial charge in [0.2, 0.25) is 5.91 Å². The fourth-order valence-electron chi connectivity index (χ4n) is 3.01. The van der Waals surface area contributed by atoms with E-state index in [1.165, 1.54) is 0 Å². The largest absolute Gasteiger partial charge is 0.385 e. The van der Waals surface area contributed by atoms with Crippen LogP contribution in [-0.2, 0) is 9.53 Å². The second kappa shape index (κ2) is 9.97. The first kappa shape index (κ1) is 20.8. The highest BCUT2D eigenvalue weighted by atomic mass is 32.2. The van der Waals surface area contributed by atoms with Crippen LogP contribution in [0.15, 0.2) is 24.3 Å². The van der Waals surface area contributed by atoms with Crippen molar-refractivity contribution >= 4 is 23.6 Å². The Balaban J connectivity index is 2.14. The van der Waals surface area contributed by atoms with Gasteiger partial charge in [-0.05, 0) is 37.8 Å². The molecule has 1 aliphatic heterocycles. The molecule has 144 valence electrons. The van der Waals surface area contributed by atoms with Gasteiger partial charge in [0.25, 0.3) is 5.91 Å². The van der Waals surface area contributed by atoms with Gasteiger partial charge in [0.05, 0.1) is 5.37 Å². The molecule has 2 amide bonds. The summed E-state index contributed by atoms with van der Waals surface area (Å²) >= 11 is 1.70. The molecule has 0 spiro atoms. The highest BCUT2D eigenvalue weighted by Crippen LogP contribution is 2.34. The summed E-state index contributed by atoms with van der Waals surface area (Å²) in [5, 5.41) is 2.99. The van der Waals surface area contributed by atoms with Gasteiger partial charge in [0.15, 0.2) is 0 Å². The molecule has 1 aromatic rings. The van der Waals surface area contributed by atoms with Gasteiger partial charge >= 0.3 is 0 Å². The van der Waals surface area contributed by atoms with Crippen LogP contribution in [0.4, 0.5) is 0 Å². The Morgan fingerprint density at radius 1 is 1.31 bits per heavy atom. The molecule has 1 fully saturated rings. The summed E-state index contributed by atoms with van der Waals surface area (Å²) in [6.07, 6.45) is 1.65. The number of benzene rings is 1. The van der Waals surface area contributed by atoms with Crippen LogP contribution in [0.3, 0.4) is 0 Å². The second-order valence-corrected chi connectivity index (χ2v) is 8.36. The Labute approximate surface area is 160 Å². The Morgan fingerprint density at radius 3 is 2.62 bits per heavy atom. The molecule has 2 unspecified atom stereocenters. The molecule has 0 saturated carbocycles. The van der Waals surface area contributed by atoms with E-state index >= 15 is 0 Å². The van der Waals surface area contributed by atoms with Gasteiger partial charge in [0, 0.05) is 31.6 Å². The molecule has 0 aliphatic carbocycles. The maximum absolute atomic E-state index is 13.2. The predicted molar refractivity (Wildman–Crippen MR) is 106 cm³/mol. The molecule has 1 aromatic carbocycles. The first-order valence-electron chi connectivity index (χ1n) is 9.21. The molecule has 1 heterocycles. The summed E-state index contributed by atoms with van der Waals surface area (Å²) in [6.45, 7) is 7.47. The fourth-order valence-corrected chi connectivity index (χ4v) is 4.65. The van der Waals surface area contributed by atoms with E-state index in [2.05, 4.69) is 19.2 Å². The lowest BCUT2D eigenvalue weighted by atomic mass is 10.1. The zero-order chi connectivity index (χ0) is 19.1. The number of nitrogens with one attached hydrogen (secondary N) is 1. The van der Waals surface area contributed by atoms with Crippen molar-refractivity contribution in [3.63, 3.8) is 0 Å². The molecular weight excluding hydrogens is 348 g/mol. The number of ether oxygens (including phenoxy) is 1. The van der Waals surface area contributed by atoms with Crippen molar-refractivity contribution in [2.75, 3.05) is 26.0 Å². The van der Waals surface area contributed by atoms with E-state index < -0.39 is 6.04 Å². The highest BCUT2D eigenvalue weighted by Gasteiger charge is 2.41. The molecular formula is C20H30N2O3S. The standard InChI is InChI=1S/C20H30N2O3S/c1-14(2)12-18-22(20(24)16-8-6-15(3)7-9-16)17(13-26-18)19(23)21-10-5-11-25-4/h6-9,14,17-18H,5,10-13H2,1-4H3,(H,21,23). The van der Waals surface area contributed by atoms with Crippen LogP contribution in [0.2, 0.25) is 0 Å². The number of rotatable bonds is 8. The van der Waals surface area contributed by atoms with Crippen LogP contribution in [0.25, 0.3) is 0 Å². The molecule has 0 aromatic heterocycles. The van der Waals surface area contributed by atoms with E-state index in [1.807, 2.05) is 31.2 Å². The van der Waals surface area contributed by atoms with Crippen LogP contribution >= 0.6 is 11.8 Å². The number of aryl methyl sites for hydroxylation is 1. The third-order valence-corrected chi connectivity index (χ3v) is 5.74. The van der Waals surface area contributed by atoms with Gasteiger partial charge in [-0.3, -0.25) is 9.59 Å². The van der Waals surface area contributed by atoms with E-state index in [1.54, 1.807) is 23.8 Å². The number of carbonyl (C=O) groups excluding carboxylic acids is 2. The van der Waals surface area contributed by atoms with Gasteiger partial charge in [-0.1, -0.05) is 31.5 Å². The van der Waals surface area contributed by atoms with E-state index in [0.29, 0.717) is 30.4 Å². The summed E-state index contributed by atoms with van der Waals surface area (Å²) < 4.78 is 5.02. The second-order valence-electron chi connectivity index (χ2n) is 7.15. The lowest BCUT2D eigenvalue weighted by molar-refractivity contribution is -0.124. The van der Waals surface area contributed by atoms with Crippen molar-refractivity contribution in [2.24, 2.45) is 5.92 Å². The molecule has 26 heavy (non-hydrogen) atoms. The fraction of sp³-hybridized carbons (Fsp3) is 0.600. The van der Waals surface area contributed by atoms with E-state index in [-0.39, 0.29) is 17.2 Å². The summed E-state index contributed by atoms with van der Waals surface area (Å²) in [4.78, 5) is 27.6. The van der Waals surface area contributed by atoms with E-state index in [9.17, 15) is 9.59 Å². The molecule has 2 atom stereocenters. The maximum Gasteiger partial charge on any atom is 0.255 e. The predicted octanol–water partition coefficient (Wildman–Crippen LogP) is 3.08. The molecule has 2 rings (SSSR count). The minimum absolute atomic E-state index is 0.0403. The van der Waals surface area contributed by atoms with Crippen molar-refractivity contribution in [3.8, 4) is 0 Å². The summed E-state index contributed by atoms with van der Waals surface area (Å²) in [5.41, 5.74) is 1.76. The number of amides is 2. The van der Waals surface area contributed by atoms with Crippen LogP contribution in [0.1, 0.15) is 42.6 Å². The highest BCUT2D eigenvalue weighted by molar-refractivity contribution is 8.00. The van der Waals surface area contributed by atoms with Crippen LogP contribution in [0.5, 0.6) is 0 Å². The number of nitrogens with zero attached hydrogens (tertiary/aromatic N) is 1. The number of hydrogen-bond donors (Lipinski definition) is 1. The first-order chi connectivity index (χ1) is 12.4. The smallest absolute Gasteiger partial charge is 0.255 e. The summed E-state index contributed by atoms with van der Waals surface area (Å²) in [5.74, 6) is 0.979. The van der Waals surface area contributed by atoms with Crippen molar-refractivity contribution in [1.82, 2.24) is 10.2 Å². The van der Waals surface area contributed by atoms with Gasteiger partial charge in [-0.2, -0.15) is 0 Å². The lowest BCUT2D eigenvalue weighted by Crippen LogP contribution is -2.50. The molecule has 0 bridgehead atoms.